The summed E-state index contributed by atoms with van der Waals surface area (Å²) in [5.74, 6) is 0.663. The summed E-state index contributed by atoms with van der Waals surface area (Å²) in [6.07, 6.45) is 0. The number of Topliss-reactive ketones (excluding diaryl/α,β-unsaturated/α-hetero) is 1. The fourth-order valence-corrected chi connectivity index (χ4v) is 1.25. The van der Waals surface area contributed by atoms with Crippen molar-refractivity contribution in [2.75, 3.05) is 13.7 Å². The molecule has 0 saturated heterocycles. The Morgan fingerprint density at radius 1 is 1.54 bits per heavy atom. The largest absolute Gasteiger partial charge is 0.496 e. The third-order valence-corrected chi connectivity index (χ3v) is 1.99. The van der Waals surface area contributed by atoms with Crippen LogP contribution in [0.1, 0.15) is 15.9 Å². The fourth-order valence-electron chi connectivity index (χ4n) is 1.25. The lowest BCUT2D eigenvalue weighted by Crippen LogP contribution is -2.14. The quantitative estimate of drug-likeness (QED) is 0.708. The van der Waals surface area contributed by atoms with E-state index < -0.39 is 0 Å². The van der Waals surface area contributed by atoms with Crippen LogP contribution in [0, 0.1) is 6.92 Å². The minimum atomic E-state index is -0.0589. The Bertz CT molecular complexity index is 321. The molecule has 3 nitrogen and oxygen atoms in total. The fraction of sp³-hybridized carbons (Fsp3) is 0.300. The summed E-state index contributed by atoms with van der Waals surface area (Å²) in [4.78, 5) is 11.3. The molecule has 0 saturated carbocycles. The van der Waals surface area contributed by atoms with Gasteiger partial charge in [-0.05, 0) is 13.0 Å². The van der Waals surface area contributed by atoms with Crippen LogP contribution in [0.15, 0.2) is 18.2 Å². The van der Waals surface area contributed by atoms with E-state index in [2.05, 4.69) is 0 Å². The smallest absolute Gasteiger partial charge is 0.176 e. The van der Waals surface area contributed by atoms with Crippen LogP contribution >= 0.6 is 0 Å². The van der Waals surface area contributed by atoms with Gasteiger partial charge in [-0.25, -0.2) is 0 Å². The lowest BCUT2D eigenvalue weighted by atomic mass is 10.0. The standard InChI is InChI=1S/C10H13NO2/c1-7-8(9(12)6-11)4-3-5-10(7)13-2/h3-5H,6,11H2,1-2H3. The minimum Gasteiger partial charge on any atom is -0.496 e. The molecule has 0 bridgehead atoms. The monoisotopic (exact) mass is 179 g/mol. The number of hydrogen-bond acceptors (Lipinski definition) is 3. The number of carbonyl (C=O) groups is 1. The molecule has 70 valence electrons. The maximum atomic E-state index is 11.3. The van der Waals surface area contributed by atoms with E-state index in [-0.39, 0.29) is 12.3 Å². The van der Waals surface area contributed by atoms with Crippen LogP contribution in [-0.2, 0) is 0 Å². The second kappa shape index (κ2) is 4.05. The summed E-state index contributed by atoms with van der Waals surface area (Å²) in [6, 6.07) is 5.37. The highest BCUT2D eigenvalue weighted by Crippen LogP contribution is 2.20. The summed E-state index contributed by atoms with van der Waals surface area (Å²) in [5, 5.41) is 0. The molecule has 1 aromatic carbocycles. The molecule has 0 aliphatic heterocycles. The number of methoxy groups -OCH3 is 1. The summed E-state index contributed by atoms with van der Waals surface area (Å²) < 4.78 is 5.09. The number of carbonyl (C=O) groups excluding carboxylic acids is 1. The highest BCUT2D eigenvalue weighted by Gasteiger charge is 2.09. The van der Waals surface area contributed by atoms with E-state index in [1.54, 1.807) is 19.2 Å². The van der Waals surface area contributed by atoms with Crippen LogP contribution in [0.3, 0.4) is 0 Å². The first kappa shape index (κ1) is 9.74. The molecule has 0 heterocycles. The van der Waals surface area contributed by atoms with Gasteiger partial charge in [0.1, 0.15) is 5.75 Å². The number of hydrogen-bond donors (Lipinski definition) is 1. The molecule has 0 spiro atoms. The Hall–Kier alpha value is -1.35. The van der Waals surface area contributed by atoms with E-state index in [9.17, 15) is 4.79 Å². The van der Waals surface area contributed by atoms with E-state index >= 15 is 0 Å². The molecule has 2 N–H and O–H groups in total. The normalized spacial score (nSPS) is 9.77. The van der Waals surface area contributed by atoms with Gasteiger partial charge in [0.05, 0.1) is 13.7 Å². The van der Waals surface area contributed by atoms with Crippen LogP contribution in [0.2, 0.25) is 0 Å². The Balaban J connectivity index is 3.15. The van der Waals surface area contributed by atoms with Gasteiger partial charge in [0, 0.05) is 11.1 Å². The van der Waals surface area contributed by atoms with Gasteiger partial charge in [0.15, 0.2) is 5.78 Å². The summed E-state index contributed by atoms with van der Waals surface area (Å²) in [7, 11) is 1.58. The van der Waals surface area contributed by atoms with Crippen LogP contribution in [-0.4, -0.2) is 19.4 Å². The Kier molecular flexibility index (Phi) is 3.03. The van der Waals surface area contributed by atoms with E-state index in [4.69, 9.17) is 10.5 Å². The SMILES string of the molecule is COc1cccc(C(=O)CN)c1C. The molecule has 1 aromatic rings. The van der Waals surface area contributed by atoms with Gasteiger partial charge in [-0.3, -0.25) is 4.79 Å². The van der Waals surface area contributed by atoms with E-state index in [1.807, 2.05) is 13.0 Å². The third kappa shape index (κ3) is 1.87. The number of ether oxygens (including phenoxy) is 1. The Morgan fingerprint density at radius 3 is 2.77 bits per heavy atom. The molecule has 0 unspecified atom stereocenters. The molecule has 0 atom stereocenters. The Labute approximate surface area is 77.5 Å². The van der Waals surface area contributed by atoms with Crippen molar-refractivity contribution < 1.29 is 9.53 Å². The van der Waals surface area contributed by atoms with Crippen LogP contribution in [0.25, 0.3) is 0 Å². The molecule has 0 fully saturated rings. The zero-order chi connectivity index (χ0) is 9.84. The predicted molar refractivity (Wildman–Crippen MR) is 51.1 cm³/mol. The van der Waals surface area contributed by atoms with Crippen molar-refractivity contribution >= 4 is 5.78 Å². The second-order valence-electron chi connectivity index (χ2n) is 2.76. The molecular weight excluding hydrogens is 166 g/mol. The molecular formula is C10H13NO2. The molecule has 0 aromatic heterocycles. The topological polar surface area (TPSA) is 52.3 Å². The van der Waals surface area contributed by atoms with Gasteiger partial charge >= 0.3 is 0 Å². The number of nitrogens with two attached hydrogens (primary N) is 1. The van der Waals surface area contributed by atoms with Crippen molar-refractivity contribution in [3.8, 4) is 5.75 Å². The number of ketones is 1. The van der Waals surface area contributed by atoms with Crippen molar-refractivity contribution in [2.24, 2.45) is 5.73 Å². The van der Waals surface area contributed by atoms with Crippen LogP contribution in [0.4, 0.5) is 0 Å². The average Bonchev–Trinajstić information content (AvgIpc) is 2.17. The van der Waals surface area contributed by atoms with E-state index in [0.29, 0.717) is 5.56 Å². The second-order valence-corrected chi connectivity index (χ2v) is 2.76. The average molecular weight is 179 g/mol. The highest BCUT2D eigenvalue weighted by molar-refractivity contribution is 5.99. The lowest BCUT2D eigenvalue weighted by Gasteiger charge is -2.07. The van der Waals surface area contributed by atoms with Crippen molar-refractivity contribution in [1.82, 2.24) is 0 Å². The van der Waals surface area contributed by atoms with E-state index in [1.165, 1.54) is 0 Å². The molecule has 0 radical (unpaired) electrons. The minimum absolute atomic E-state index is 0.0357. The first-order chi connectivity index (χ1) is 6.20. The van der Waals surface area contributed by atoms with Gasteiger partial charge < -0.3 is 10.5 Å². The Morgan fingerprint density at radius 2 is 2.23 bits per heavy atom. The first-order valence-corrected chi connectivity index (χ1v) is 4.07. The van der Waals surface area contributed by atoms with E-state index in [0.717, 1.165) is 11.3 Å². The highest BCUT2D eigenvalue weighted by atomic mass is 16.5. The molecule has 0 aliphatic carbocycles. The van der Waals surface area contributed by atoms with Gasteiger partial charge in [0.2, 0.25) is 0 Å². The number of benzene rings is 1. The molecule has 13 heavy (non-hydrogen) atoms. The van der Waals surface area contributed by atoms with Gasteiger partial charge in [-0.2, -0.15) is 0 Å². The molecule has 3 heteroatoms. The third-order valence-electron chi connectivity index (χ3n) is 1.99. The van der Waals surface area contributed by atoms with Crippen LogP contribution < -0.4 is 10.5 Å². The lowest BCUT2D eigenvalue weighted by molar-refractivity contribution is 0.100. The number of rotatable bonds is 3. The van der Waals surface area contributed by atoms with Crippen molar-refractivity contribution in [3.05, 3.63) is 29.3 Å². The molecule has 1 rings (SSSR count). The van der Waals surface area contributed by atoms with Crippen molar-refractivity contribution in [3.63, 3.8) is 0 Å². The van der Waals surface area contributed by atoms with Gasteiger partial charge in [-0.1, -0.05) is 12.1 Å². The molecule has 0 amide bonds. The first-order valence-electron chi connectivity index (χ1n) is 4.07. The predicted octanol–water partition coefficient (Wildman–Crippen LogP) is 1.15. The summed E-state index contributed by atoms with van der Waals surface area (Å²) in [6.45, 7) is 1.88. The van der Waals surface area contributed by atoms with Crippen molar-refractivity contribution in [1.29, 1.82) is 0 Å². The van der Waals surface area contributed by atoms with Crippen LogP contribution in [0.5, 0.6) is 5.75 Å². The zero-order valence-corrected chi connectivity index (χ0v) is 7.83. The van der Waals surface area contributed by atoms with Gasteiger partial charge in [-0.15, -0.1) is 0 Å². The molecule has 0 aliphatic rings. The summed E-state index contributed by atoms with van der Waals surface area (Å²) >= 11 is 0. The zero-order valence-electron chi connectivity index (χ0n) is 7.83. The maximum Gasteiger partial charge on any atom is 0.176 e. The summed E-state index contributed by atoms with van der Waals surface area (Å²) in [5.41, 5.74) is 6.76. The van der Waals surface area contributed by atoms with Crippen molar-refractivity contribution in [2.45, 2.75) is 6.92 Å². The maximum absolute atomic E-state index is 11.3. The van der Waals surface area contributed by atoms with Gasteiger partial charge in [0.25, 0.3) is 0 Å².